The maximum Gasteiger partial charge on any atom is 0.400 e. The van der Waals surface area contributed by atoms with Gasteiger partial charge in [-0.25, -0.2) is 4.79 Å². The van der Waals surface area contributed by atoms with E-state index < -0.39 is 5.30 Å². The number of carbonyl (C=O) groups excluding carboxylic acids is 1. The molecule has 0 saturated carbocycles. The molecule has 3 heteroatoms. The van der Waals surface area contributed by atoms with Crippen molar-refractivity contribution >= 4 is 17.9 Å². The highest BCUT2D eigenvalue weighted by Gasteiger charge is 2.05. The monoisotopic (exact) mass is 147 g/mol. The SMILES string of the molecule is CCC(CC)OC(=O)[S]. The van der Waals surface area contributed by atoms with Gasteiger partial charge in [0.25, 0.3) is 0 Å². The van der Waals surface area contributed by atoms with Crippen molar-refractivity contribution in [2.24, 2.45) is 0 Å². The van der Waals surface area contributed by atoms with Gasteiger partial charge in [-0.2, -0.15) is 0 Å². The van der Waals surface area contributed by atoms with E-state index in [1.54, 1.807) is 0 Å². The van der Waals surface area contributed by atoms with Gasteiger partial charge in [0.15, 0.2) is 0 Å². The minimum atomic E-state index is -0.594. The van der Waals surface area contributed by atoms with Gasteiger partial charge in [0.1, 0.15) is 6.10 Å². The highest BCUT2D eigenvalue weighted by Crippen LogP contribution is 2.04. The van der Waals surface area contributed by atoms with Crippen molar-refractivity contribution in [2.45, 2.75) is 32.8 Å². The molecule has 0 aromatic carbocycles. The van der Waals surface area contributed by atoms with Gasteiger partial charge in [0, 0.05) is 12.6 Å². The zero-order valence-electron chi connectivity index (χ0n) is 5.72. The van der Waals surface area contributed by atoms with Crippen LogP contribution in [-0.4, -0.2) is 11.4 Å². The van der Waals surface area contributed by atoms with Crippen molar-refractivity contribution in [3.8, 4) is 0 Å². The smallest absolute Gasteiger partial charge is 0.400 e. The Kier molecular flexibility index (Phi) is 4.40. The van der Waals surface area contributed by atoms with Gasteiger partial charge in [0.2, 0.25) is 0 Å². The predicted molar refractivity (Wildman–Crippen MR) is 38.4 cm³/mol. The third-order valence-electron chi connectivity index (χ3n) is 1.17. The Morgan fingerprint density at radius 1 is 1.56 bits per heavy atom. The fourth-order valence-electron chi connectivity index (χ4n) is 0.591. The summed E-state index contributed by atoms with van der Waals surface area (Å²) in [4.78, 5) is 10.2. The Bertz CT molecular complexity index is 89.1. The number of carbonyl (C=O) groups is 1. The minimum absolute atomic E-state index is 0.0231. The lowest BCUT2D eigenvalue weighted by Gasteiger charge is -2.09. The van der Waals surface area contributed by atoms with Crippen LogP contribution in [0.25, 0.3) is 0 Å². The maximum atomic E-state index is 10.2. The van der Waals surface area contributed by atoms with Crippen LogP contribution >= 0.6 is 12.6 Å². The minimum Gasteiger partial charge on any atom is -0.451 e. The molecule has 1 radical (unpaired) electrons. The molecule has 0 heterocycles. The molecule has 0 aliphatic carbocycles. The molecule has 0 amide bonds. The number of hydrogen-bond acceptors (Lipinski definition) is 2. The standard InChI is InChI=1S/C6H11O2S/c1-3-5(4-2)8-6(7)9/h5H,3-4H2,1-2H3. The molecule has 0 bridgehead atoms. The Morgan fingerprint density at radius 2 is 2.00 bits per heavy atom. The quantitative estimate of drug-likeness (QED) is 0.573. The Balaban J connectivity index is 3.43. The molecule has 9 heavy (non-hydrogen) atoms. The van der Waals surface area contributed by atoms with E-state index in [0.717, 1.165) is 12.8 Å². The molecular weight excluding hydrogens is 136 g/mol. The van der Waals surface area contributed by atoms with E-state index in [9.17, 15) is 4.79 Å². The molecule has 0 aromatic heterocycles. The molecule has 0 N–H and O–H groups in total. The second-order valence-electron chi connectivity index (χ2n) is 1.81. The van der Waals surface area contributed by atoms with Crippen molar-refractivity contribution in [2.75, 3.05) is 0 Å². The summed E-state index contributed by atoms with van der Waals surface area (Å²) in [6.45, 7) is 3.93. The number of rotatable bonds is 3. The van der Waals surface area contributed by atoms with E-state index >= 15 is 0 Å². The number of ether oxygens (including phenoxy) is 1. The van der Waals surface area contributed by atoms with Gasteiger partial charge in [-0.15, -0.1) is 0 Å². The first-order valence-corrected chi connectivity index (χ1v) is 3.49. The van der Waals surface area contributed by atoms with Crippen LogP contribution in [0.5, 0.6) is 0 Å². The molecule has 0 atom stereocenters. The summed E-state index contributed by atoms with van der Waals surface area (Å²) in [5.41, 5.74) is 0. The van der Waals surface area contributed by atoms with Gasteiger partial charge >= 0.3 is 5.30 Å². The van der Waals surface area contributed by atoms with Crippen LogP contribution in [0.15, 0.2) is 0 Å². The summed E-state index contributed by atoms with van der Waals surface area (Å²) < 4.78 is 4.72. The summed E-state index contributed by atoms with van der Waals surface area (Å²) >= 11 is 4.23. The predicted octanol–water partition coefficient (Wildman–Crippen LogP) is 2.51. The Labute approximate surface area is 61.0 Å². The van der Waals surface area contributed by atoms with Crippen LogP contribution < -0.4 is 0 Å². The van der Waals surface area contributed by atoms with Crippen LogP contribution in [-0.2, 0) is 4.74 Å². The van der Waals surface area contributed by atoms with Gasteiger partial charge in [-0.1, -0.05) is 13.8 Å². The van der Waals surface area contributed by atoms with Gasteiger partial charge < -0.3 is 4.74 Å². The van der Waals surface area contributed by atoms with Crippen LogP contribution in [0.2, 0.25) is 0 Å². The summed E-state index contributed by atoms with van der Waals surface area (Å²) in [6, 6.07) is 0. The van der Waals surface area contributed by atoms with Crippen LogP contribution in [0.3, 0.4) is 0 Å². The van der Waals surface area contributed by atoms with E-state index in [4.69, 9.17) is 4.74 Å². The maximum absolute atomic E-state index is 10.2. The second-order valence-corrected chi connectivity index (χ2v) is 2.14. The summed E-state index contributed by atoms with van der Waals surface area (Å²) in [7, 11) is 0. The van der Waals surface area contributed by atoms with E-state index in [0.29, 0.717) is 0 Å². The Hall–Kier alpha value is -0.310. The summed E-state index contributed by atoms with van der Waals surface area (Å²) in [5.74, 6) is 0. The van der Waals surface area contributed by atoms with Crippen molar-refractivity contribution in [3.63, 3.8) is 0 Å². The molecule has 53 valence electrons. The summed E-state index contributed by atoms with van der Waals surface area (Å²) in [5, 5.41) is -0.594. The van der Waals surface area contributed by atoms with Gasteiger partial charge in [-0.05, 0) is 12.8 Å². The average molecular weight is 147 g/mol. The van der Waals surface area contributed by atoms with E-state index in [2.05, 4.69) is 12.6 Å². The first kappa shape index (κ1) is 8.69. The fourth-order valence-corrected chi connectivity index (χ4v) is 0.728. The van der Waals surface area contributed by atoms with Crippen LogP contribution in [0.1, 0.15) is 26.7 Å². The molecule has 0 saturated heterocycles. The zero-order chi connectivity index (χ0) is 7.28. The first-order chi connectivity index (χ1) is 4.20. The third-order valence-corrected chi connectivity index (χ3v) is 1.27. The van der Waals surface area contributed by atoms with Crippen LogP contribution in [0.4, 0.5) is 4.79 Å². The van der Waals surface area contributed by atoms with E-state index in [1.807, 2.05) is 13.8 Å². The highest BCUT2D eigenvalue weighted by molar-refractivity contribution is 7.96. The zero-order valence-corrected chi connectivity index (χ0v) is 6.53. The highest BCUT2D eigenvalue weighted by atomic mass is 32.1. The number of hydrogen-bond donors (Lipinski definition) is 0. The molecule has 0 spiro atoms. The van der Waals surface area contributed by atoms with Crippen molar-refractivity contribution in [3.05, 3.63) is 0 Å². The van der Waals surface area contributed by atoms with Crippen molar-refractivity contribution in [1.82, 2.24) is 0 Å². The first-order valence-electron chi connectivity index (χ1n) is 3.08. The summed E-state index contributed by atoms with van der Waals surface area (Å²) in [6.07, 6.45) is 1.72. The normalized spacial score (nSPS) is 9.67. The molecular formula is C6H11O2S. The average Bonchev–Trinajstić information content (AvgIpc) is 1.82. The lowest BCUT2D eigenvalue weighted by molar-refractivity contribution is 0.118. The van der Waals surface area contributed by atoms with E-state index in [1.165, 1.54) is 0 Å². The lowest BCUT2D eigenvalue weighted by Crippen LogP contribution is -2.11. The van der Waals surface area contributed by atoms with Crippen molar-refractivity contribution < 1.29 is 9.53 Å². The fraction of sp³-hybridized carbons (Fsp3) is 0.833. The second kappa shape index (κ2) is 4.56. The largest absolute Gasteiger partial charge is 0.451 e. The lowest BCUT2D eigenvalue weighted by atomic mass is 10.2. The topological polar surface area (TPSA) is 26.3 Å². The van der Waals surface area contributed by atoms with Gasteiger partial charge in [-0.3, -0.25) is 0 Å². The van der Waals surface area contributed by atoms with Crippen molar-refractivity contribution in [1.29, 1.82) is 0 Å². The molecule has 0 aromatic rings. The molecule has 0 aliphatic heterocycles. The Morgan fingerprint density at radius 3 is 2.11 bits per heavy atom. The molecule has 0 rings (SSSR count). The third kappa shape index (κ3) is 4.21. The van der Waals surface area contributed by atoms with Gasteiger partial charge in [0.05, 0.1) is 0 Å². The van der Waals surface area contributed by atoms with Crippen LogP contribution in [0, 0.1) is 0 Å². The molecule has 2 nitrogen and oxygen atoms in total. The van der Waals surface area contributed by atoms with E-state index in [-0.39, 0.29) is 6.10 Å². The molecule has 0 fully saturated rings. The molecule has 0 aliphatic rings. The molecule has 0 unspecified atom stereocenters.